The first-order valence-corrected chi connectivity index (χ1v) is 12.9. The lowest BCUT2D eigenvalue weighted by Crippen LogP contribution is -2.54. The summed E-state index contributed by atoms with van der Waals surface area (Å²) in [4.78, 5) is 19.1. The van der Waals surface area contributed by atoms with Gasteiger partial charge in [-0.25, -0.2) is 0 Å². The molecule has 8 heteroatoms. The second-order valence-corrected chi connectivity index (χ2v) is 10.2. The Kier molecular flexibility index (Phi) is 6.37. The molecule has 0 N–H and O–H groups in total. The molecule has 0 unspecified atom stereocenters. The lowest BCUT2D eigenvalue weighted by Gasteiger charge is -2.42. The summed E-state index contributed by atoms with van der Waals surface area (Å²) < 4.78 is 0. The van der Waals surface area contributed by atoms with Crippen molar-refractivity contribution in [3.8, 4) is 0 Å². The number of nitrogens with zero attached hydrogens (tertiary/aromatic N) is 6. The van der Waals surface area contributed by atoms with Gasteiger partial charge < -0.3 is 9.80 Å². The molecule has 2 saturated heterocycles. The van der Waals surface area contributed by atoms with Gasteiger partial charge in [-0.2, -0.15) is 0 Å². The van der Waals surface area contributed by atoms with Crippen LogP contribution in [-0.2, 0) is 0 Å². The van der Waals surface area contributed by atoms with Crippen LogP contribution in [0, 0.1) is 0 Å². The number of benzene rings is 2. The molecule has 2 aliphatic rings. The van der Waals surface area contributed by atoms with Crippen molar-refractivity contribution in [2.24, 2.45) is 0 Å². The van der Waals surface area contributed by atoms with Crippen LogP contribution in [0.5, 0.6) is 0 Å². The molecule has 0 aliphatic carbocycles. The van der Waals surface area contributed by atoms with Crippen molar-refractivity contribution in [2.45, 2.75) is 0 Å². The Balaban J connectivity index is 1.05. The highest BCUT2D eigenvalue weighted by atomic mass is 35.5. The van der Waals surface area contributed by atoms with Crippen molar-refractivity contribution in [1.82, 2.24) is 19.8 Å². The van der Waals surface area contributed by atoms with Gasteiger partial charge in [-0.05, 0) is 48.5 Å². The second kappa shape index (κ2) is 9.78. The first kappa shape index (κ1) is 22.8. The smallest absolute Gasteiger partial charge is 0.0737 e. The summed E-state index contributed by atoms with van der Waals surface area (Å²) in [5, 5.41) is 3.81. The highest BCUT2D eigenvalue weighted by Crippen LogP contribution is 2.29. The SMILES string of the molecule is Clc1ccc2c(N3CCN(CN4CCN(c5ccnc6cc(Cl)ccc56)CC4)CC3)ccnc2c1. The predicted molar refractivity (Wildman–Crippen MR) is 146 cm³/mol. The summed E-state index contributed by atoms with van der Waals surface area (Å²) >= 11 is 12.3. The first-order valence-electron chi connectivity index (χ1n) is 12.2. The van der Waals surface area contributed by atoms with E-state index in [4.69, 9.17) is 23.2 Å². The second-order valence-electron chi connectivity index (χ2n) is 9.33. The van der Waals surface area contributed by atoms with Crippen LogP contribution in [0.1, 0.15) is 0 Å². The van der Waals surface area contributed by atoms with E-state index in [1.165, 1.54) is 22.1 Å². The van der Waals surface area contributed by atoms with Crippen LogP contribution in [0.25, 0.3) is 21.8 Å². The Bertz CT molecular complexity index is 1240. The number of rotatable bonds is 4. The van der Waals surface area contributed by atoms with E-state index in [1.54, 1.807) is 0 Å². The van der Waals surface area contributed by atoms with Gasteiger partial charge in [0.25, 0.3) is 0 Å². The topological polar surface area (TPSA) is 38.7 Å². The van der Waals surface area contributed by atoms with Crippen molar-refractivity contribution >= 4 is 56.4 Å². The maximum Gasteiger partial charge on any atom is 0.0737 e. The molecule has 6 nitrogen and oxygen atoms in total. The lowest BCUT2D eigenvalue weighted by atomic mass is 10.1. The van der Waals surface area contributed by atoms with E-state index in [0.29, 0.717) is 0 Å². The molecule has 6 rings (SSSR count). The first-order chi connectivity index (χ1) is 17.1. The van der Waals surface area contributed by atoms with Gasteiger partial charge >= 0.3 is 0 Å². The zero-order chi connectivity index (χ0) is 23.8. The van der Waals surface area contributed by atoms with E-state index in [1.807, 2.05) is 36.7 Å². The fourth-order valence-electron chi connectivity index (χ4n) is 5.31. The number of piperazine rings is 2. The summed E-state index contributed by atoms with van der Waals surface area (Å²) in [6.07, 6.45) is 3.78. The normalized spacial score (nSPS) is 18.0. The Labute approximate surface area is 215 Å². The summed E-state index contributed by atoms with van der Waals surface area (Å²) in [6.45, 7) is 9.36. The molecule has 2 aliphatic heterocycles. The monoisotopic (exact) mass is 506 g/mol. The largest absolute Gasteiger partial charge is 0.368 e. The Morgan fingerprint density at radius 3 is 1.43 bits per heavy atom. The van der Waals surface area contributed by atoms with Crippen LogP contribution in [0.3, 0.4) is 0 Å². The van der Waals surface area contributed by atoms with Gasteiger partial charge in [-0.3, -0.25) is 19.8 Å². The predicted octanol–water partition coefficient (Wildman–Crippen LogP) is 4.99. The molecule has 2 fully saturated rings. The molecule has 2 aromatic heterocycles. The third-order valence-electron chi connectivity index (χ3n) is 7.19. The Hall–Kier alpha value is -2.64. The van der Waals surface area contributed by atoms with Gasteiger partial charge in [0.2, 0.25) is 0 Å². The van der Waals surface area contributed by atoms with E-state index in [-0.39, 0.29) is 0 Å². The van der Waals surface area contributed by atoms with Crippen molar-refractivity contribution in [3.05, 3.63) is 71.0 Å². The van der Waals surface area contributed by atoms with Crippen molar-refractivity contribution in [1.29, 1.82) is 0 Å². The van der Waals surface area contributed by atoms with Gasteiger partial charge in [0.1, 0.15) is 0 Å². The highest BCUT2D eigenvalue weighted by molar-refractivity contribution is 6.31. The fraction of sp³-hybridized carbons (Fsp3) is 0.333. The van der Waals surface area contributed by atoms with Crippen LogP contribution >= 0.6 is 23.2 Å². The maximum atomic E-state index is 6.17. The summed E-state index contributed by atoms with van der Waals surface area (Å²) in [6, 6.07) is 16.2. The highest BCUT2D eigenvalue weighted by Gasteiger charge is 2.24. The Morgan fingerprint density at radius 2 is 1.00 bits per heavy atom. The lowest BCUT2D eigenvalue weighted by molar-refractivity contribution is 0.120. The molecule has 4 heterocycles. The number of hydrogen-bond acceptors (Lipinski definition) is 6. The molecule has 0 atom stereocenters. The summed E-state index contributed by atoms with van der Waals surface area (Å²) in [7, 11) is 0. The van der Waals surface area contributed by atoms with Crippen LogP contribution in [0.4, 0.5) is 11.4 Å². The average Bonchev–Trinajstić information content (AvgIpc) is 2.88. The number of halogens is 2. The van der Waals surface area contributed by atoms with Crippen molar-refractivity contribution in [2.75, 3.05) is 68.8 Å². The van der Waals surface area contributed by atoms with Gasteiger partial charge in [-0.15, -0.1) is 0 Å². The van der Waals surface area contributed by atoms with Crippen LogP contribution in [0.15, 0.2) is 60.9 Å². The van der Waals surface area contributed by atoms with Crippen molar-refractivity contribution in [3.63, 3.8) is 0 Å². The minimum atomic E-state index is 0.730. The minimum absolute atomic E-state index is 0.730. The standard InChI is InChI=1S/C27H28Cl2N6/c28-20-1-3-22-24(17-20)30-7-5-26(22)34-13-9-32(10-14-34)19-33-11-15-35(16-12-33)27-6-8-31-25-18-21(29)2-4-23(25)27/h1-8,17-18H,9-16,19H2. The average molecular weight is 507 g/mol. The fourth-order valence-corrected chi connectivity index (χ4v) is 5.64. The number of hydrogen-bond donors (Lipinski definition) is 0. The zero-order valence-corrected chi connectivity index (χ0v) is 21.1. The van der Waals surface area contributed by atoms with E-state index in [2.05, 4.69) is 53.8 Å². The molecule has 0 amide bonds. The number of pyridine rings is 2. The third kappa shape index (κ3) is 4.76. The summed E-state index contributed by atoms with van der Waals surface area (Å²) in [5.74, 6) is 0. The maximum absolute atomic E-state index is 6.17. The molecule has 0 spiro atoms. The van der Waals surface area contributed by atoms with Gasteiger partial charge in [-0.1, -0.05) is 23.2 Å². The number of anilines is 2. The molecule has 0 saturated carbocycles. The quantitative estimate of drug-likeness (QED) is 0.388. The molecule has 2 aromatic carbocycles. The molecule has 35 heavy (non-hydrogen) atoms. The molecule has 0 bridgehead atoms. The van der Waals surface area contributed by atoms with Crippen LogP contribution in [0.2, 0.25) is 10.0 Å². The van der Waals surface area contributed by atoms with E-state index in [9.17, 15) is 0 Å². The summed E-state index contributed by atoms with van der Waals surface area (Å²) in [5.41, 5.74) is 4.43. The Morgan fingerprint density at radius 1 is 0.571 bits per heavy atom. The molecule has 0 radical (unpaired) electrons. The third-order valence-corrected chi connectivity index (χ3v) is 7.66. The minimum Gasteiger partial charge on any atom is -0.368 e. The van der Waals surface area contributed by atoms with E-state index >= 15 is 0 Å². The van der Waals surface area contributed by atoms with E-state index < -0.39 is 0 Å². The molecular weight excluding hydrogens is 479 g/mol. The number of aromatic nitrogens is 2. The van der Waals surface area contributed by atoms with E-state index in [0.717, 1.165) is 80.1 Å². The van der Waals surface area contributed by atoms with Gasteiger partial charge in [0.05, 0.1) is 17.7 Å². The van der Waals surface area contributed by atoms with Crippen LogP contribution in [-0.4, -0.2) is 78.8 Å². The number of fused-ring (bicyclic) bond motifs is 2. The van der Waals surface area contributed by atoms with Crippen LogP contribution < -0.4 is 9.80 Å². The van der Waals surface area contributed by atoms with Crippen molar-refractivity contribution < 1.29 is 0 Å². The molecule has 4 aromatic rings. The molecular formula is C27H28Cl2N6. The zero-order valence-electron chi connectivity index (χ0n) is 19.6. The molecule has 180 valence electrons. The van der Waals surface area contributed by atoms with Gasteiger partial charge in [0, 0.05) is 96.9 Å². The van der Waals surface area contributed by atoms with Gasteiger partial charge in [0.15, 0.2) is 0 Å².